The second kappa shape index (κ2) is 3.33. The second-order valence-electron chi connectivity index (χ2n) is 4.06. The monoisotopic (exact) mass is 189 g/mol. The van der Waals surface area contributed by atoms with Crippen LogP contribution < -0.4 is 5.73 Å². The molecule has 0 saturated carbocycles. The van der Waals surface area contributed by atoms with Crippen molar-refractivity contribution in [1.29, 1.82) is 0 Å². The normalized spacial score (nSPS) is 11.4. The zero-order chi connectivity index (χ0) is 10.1. The number of fused-ring (bicyclic) bond motifs is 1. The Morgan fingerprint density at radius 2 is 2.21 bits per heavy atom. The third kappa shape index (κ3) is 1.71. The molecule has 2 aromatic rings. The highest BCUT2D eigenvalue weighted by Crippen LogP contribution is 2.16. The lowest BCUT2D eigenvalue weighted by Gasteiger charge is -2.02. The molecule has 0 atom stereocenters. The topological polar surface area (TPSA) is 43.8 Å². The van der Waals surface area contributed by atoms with Gasteiger partial charge >= 0.3 is 0 Å². The number of anilines is 1. The van der Waals surface area contributed by atoms with Crippen LogP contribution in [0, 0.1) is 5.92 Å². The maximum Gasteiger partial charge on any atom is 0.0943 e. The summed E-state index contributed by atoms with van der Waals surface area (Å²) in [5, 5.41) is 5.60. The first-order valence-corrected chi connectivity index (χ1v) is 4.88. The Hall–Kier alpha value is -1.51. The van der Waals surface area contributed by atoms with Gasteiger partial charge in [-0.15, -0.1) is 0 Å². The van der Waals surface area contributed by atoms with Crippen molar-refractivity contribution in [3.05, 3.63) is 24.4 Å². The summed E-state index contributed by atoms with van der Waals surface area (Å²) in [5.74, 6) is 0.613. The van der Waals surface area contributed by atoms with Crippen LogP contribution in [0.4, 0.5) is 5.69 Å². The number of benzene rings is 1. The molecular weight excluding hydrogens is 174 g/mol. The summed E-state index contributed by atoms with van der Waals surface area (Å²) in [6.45, 7) is 5.32. The Balaban J connectivity index is 2.41. The standard InChI is InChI=1S/C11H15N3/c1-8(2)6-14-7-9-3-4-10(12)5-11(9)13-14/h3-5,7-8H,6,12H2,1-2H3. The average molecular weight is 189 g/mol. The van der Waals surface area contributed by atoms with Crippen molar-refractivity contribution in [2.24, 2.45) is 5.92 Å². The molecule has 1 aromatic carbocycles. The van der Waals surface area contributed by atoms with E-state index in [0.717, 1.165) is 23.1 Å². The van der Waals surface area contributed by atoms with Gasteiger partial charge in [0.1, 0.15) is 0 Å². The molecule has 14 heavy (non-hydrogen) atoms. The third-order valence-corrected chi connectivity index (χ3v) is 2.13. The van der Waals surface area contributed by atoms with E-state index >= 15 is 0 Å². The van der Waals surface area contributed by atoms with Crippen LogP contribution in [-0.2, 0) is 6.54 Å². The number of nitrogens with two attached hydrogens (primary N) is 1. The average Bonchev–Trinajstić information content (AvgIpc) is 2.44. The minimum atomic E-state index is 0.613. The smallest absolute Gasteiger partial charge is 0.0943 e. The van der Waals surface area contributed by atoms with Crippen molar-refractivity contribution < 1.29 is 0 Å². The predicted molar refractivity (Wildman–Crippen MR) is 59.0 cm³/mol. The maximum absolute atomic E-state index is 5.69. The number of rotatable bonds is 2. The molecule has 3 heteroatoms. The van der Waals surface area contributed by atoms with Crippen molar-refractivity contribution in [3.63, 3.8) is 0 Å². The van der Waals surface area contributed by atoms with Gasteiger partial charge in [-0.2, -0.15) is 5.10 Å². The van der Waals surface area contributed by atoms with Gasteiger partial charge in [0.25, 0.3) is 0 Å². The van der Waals surface area contributed by atoms with Gasteiger partial charge in [-0.1, -0.05) is 13.8 Å². The molecule has 1 heterocycles. The molecule has 1 aromatic heterocycles. The van der Waals surface area contributed by atoms with Gasteiger partial charge < -0.3 is 5.73 Å². The van der Waals surface area contributed by atoms with Crippen LogP contribution in [0.15, 0.2) is 24.4 Å². The van der Waals surface area contributed by atoms with E-state index in [1.165, 1.54) is 0 Å². The van der Waals surface area contributed by atoms with Crippen molar-refractivity contribution in [2.75, 3.05) is 5.73 Å². The molecule has 2 N–H and O–H groups in total. The molecule has 0 unspecified atom stereocenters. The van der Waals surface area contributed by atoms with E-state index in [0.29, 0.717) is 5.92 Å². The zero-order valence-electron chi connectivity index (χ0n) is 8.57. The lowest BCUT2D eigenvalue weighted by atomic mass is 10.2. The molecule has 74 valence electrons. The van der Waals surface area contributed by atoms with Crippen LogP contribution in [0.25, 0.3) is 10.9 Å². The van der Waals surface area contributed by atoms with E-state index in [4.69, 9.17) is 5.73 Å². The fourth-order valence-electron chi connectivity index (χ4n) is 1.55. The summed E-state index contributed by atoms with van der Waals surface area (Å²) in [7, 11) is 0. The van der Waals surface area contributed by atoms with Crippen molar-refractivity contribution >= 4 is 16.6 Å². The van der Waals surface area contributed by atoms with Crippen LogP contribution in [0.1, 0.15) is 13.8 Å². The first kappa shape index (κ1) is 9.06. The lowest BCUT2D eigenvalue weighted by Crippen LogP contribution is -2.04. The summed E-state index contributed by atoms with van der Waals surface area (Å²) < 4.78 is 1.98. The first-order valence-electron chi connectivity index (χ1n) is 4.88. The number of nitrogen functional groups attached to an aromatic ring is 1. The van der Waals surface area contributed by atoms with E-state index in [1.807, 2.05) is 22.9 Å². The molecule has 0 fully saturated rings. The maximum atomic E-state index is 5.69. The zero-order valence-corrected chi connectivity index (χ0v) is 8.57. The lowest BCUT2D eigenvalue weighted by molar-refractivity contribution is 0.486. The van der Waals surface area contributed by atoms with Crippen LogP contribution in [-0.4, -0.2) is 9.78 Å². The Morgan fingerprint density at radius 1 is 1.43 bits per heavy atom. The molecule has 0 aliphatic rings. The number of nitrogens with zero attached hydrogens (tertiary/aromatic N) is 2. The molecule has 0 radical (unpaired) electrons. The summed E-state index contributed by atoms with van der Waals surface area (Å²) >= 11 is 0. The van der Waals surface area contributed by atoms with Crippen molar-refractivity contribution in [1.82, 2.24) is 9.78 Å². The van der Waals surface area contributed by atoms with Gasteiger partial charge in [0.15, 0.2) is 0 Å². The van der Waals surface area contributed by atoms with E-state index in [-0.39, 0.29) is 0 Å². The Labute approximate surface area is 83.5 Å². The summed E-state index contributed by atoms with van der Waals surface area (Å²) in [6.07, 6.45) is 2.06. The van der Waals surface area contributed by atoms with Crippen molar-refractivity contribution in [3.8, 4) is 0 Å². The molecule has 3 nitrogen and oxygen atoms in total. The van der Waals surface area contributed by atoms with Gasteiger partial charge in [0, 0.05) is 23.8 Å². The molecule has 0 aliphatic carbocycles. The molecule has 0 saturated heterocycles. The van der Waals surface area contributed by atoms with E-state index < -0.39 is 0 Å². The van der Waals surface area contributed by atoms with Crippen LogP contribution in [0.3, 0.4) is 0 Å². The largest absolute Gasteiger partial charge is 0.399 e. The van der Waals surface area contributed by atoms with Gasteiger partial charge in [-0.3, -0.25) is 4.68 Å². The second-order valence-corrected chi connectivity index (χ2v) is 4.06. The number of aromatic nitrogens is 2. The van der Waals surface area contributed by atoms with E-state index in [9.17, 15) is 0 Å². The van der Waals surface area contributed by atoms with Gasteiger partial charge in [0.05, 0.1) is 5.52 Å². The van der Waals surface area contributed by atoms with Gasteiger partial charge in [-0.25, -0.2) is 0 Å². The highest BCUT2D eigenvalue weighted by molar-refractivity contribution is 5.81. The predicted octanol–water partition coefficient (Wildman–Crippen LogP) is 2.27. The summed E-state index contributed by atoms with van der Waals surface area (Å²) in [5.41, 5.74) is 7.43. The Morgan fingerprint density at radius 3 is 2.93 bits per heavy atom. The quantitative estimate of drug-likeness (QED) is 0.736. The number of hydrogen-bond donors (Lipinski definition) is 1. The molecule has 0 bridgehead atoms. The minimum absolute atomic E-state index is 0.613. The highest BCUT2D eigenvalue weighted by atomic mass is 15.3. The fourth-order valence-corrected chi connectivity index (χ4v) is 1.55. The van der Waals surface area contributed by atoms with Gasteiger partial charge in [-0.05, 0) is 24.1 Å². The van der Waals surface area contributed by atoms with Crippen LogP contribution in [0.2, 0.25) is 0 Å². The van der Waals surface area contributed by atoms with E-state index in [1.54, 1.807) is 0 Å². The molecule has 0 amide bonds. The summed E-state index contributed by atoms with van der Waals surface area (Å²) in [6, 6.07) is 5.82. The number of hydrogen-bond acceptors (Lipinski definition) is 2. The molecule has 0 spiro atoms. The molecular formula is C11H15N3. The van der Waals surface area contributed by atoms with Crippen LogP contribution in [0.5, 0.6) is 0 Å². The van der Waals surface area contributed by atoms with E-state index in [2.05, 4.69) is 25.1 Å². The Kier molecular flexibility index (Phi) is 2.15. The first-order chi connectivity index (χ1) is 6.65. The highest BCUT2D eigenvalue weighted by Gasteiger charge is 2.02. The third-order valence-electron chi connectivity index (χ3n) is 2.13. The molecule has 2 rings (SSSR count). The van der Waals surface area contributed by atoms with Crippen LogP contribution >= 0.6 is 0 Å². The summed E-state index contributed by atoms with van der Waals surface area (Å²) in [4.78, 5) is 0. The minimum Gasteiger partial charge on any atom is -0.399 e. The SMILES string of the molecule is CC(C)Cn1cc2ccc(N)cc2n1. The molecule has 0 aliphatic heterocycles. The Bertz CT molecular complexity index is 443. The van der Waals surface area contributed by atoms with Gasteiger partial charge in [0.2, 0.25) is 0 Å². The fraction of sp³-hybridized carbons (Fsp3) is 0.364. The van der Waals surface area contributed by atoms with Crippen molar-refractivity contribution in [2.45, 2.75) is 20.4 Å².